The van der Waals surface area contributed by atoms with E-state index in [1.54, 1.807) is 37.6 Å². The van der Waals surface area contributed by atoms with E-state index < -0.39 is 0 Å². The van der Waals surface area contributed by atoms with Crippen molar-refractivity contribution >= 4 is 29.1 Å². The number of carbonyl (C=O) groups excluding carboxylic acids is 2. The summed E-state index contributed by atoms with van der Waals surface area (Å²) in [6.45, 7) is 0.00667. The van der Waals surface area contributed by atoms with Crippen LogP contribution in [0.5, 0.6) is 0 Å². The second-order valence-corrected chi connectivity index (χ2v) is 6.15. The van der Waals surface area contributed by atoms with E-state index >= 15 is 0 Å². The molecule has 0 aliphatic heterocycles. The fourth-order valence-electron chi connectivity index (χ4n) is 2.63. The summed E-state index contributed by atoms with van der Waals surface area (Å²) in [5.74, 6) is 0.590. The molecule has 1 aromatic heterocycles. The van der Waals surface area contributed by atoms with Crippen molar-refractivity contribution in [2.45, 2.75) is 12.3 Å². The van der Waals surface area contributed by atoms with Gasteiger partial charge in [-0.3, -0.25) is 9.59 Å². The highest BCUT2D eigenvalue weighted by Gasteiger charge is 2.47. The highest BCUT2D eigenvalue weighted by molar-refractivity contribution is 6.30. The molecule has 0 radical (unpaired) electrons. The number of nitrogens with one attached hydrogen (secondary N) is 1. The number of amides is 2. The summed E-state index contributed by atoms with van der Waals surface area (Å²) >= 11 is 5.87. The van der Waals surface area contributed by atoms with Crippen LogP contribution in [0.15, 0.2) is 47.1 Å². The van der Waals surface area contributed by atoms with Gasteiger partial charge in [0.05, 0.1) is 12.8 Å². The number of hydrogen-bond acceptors (Lipinski definition) is 3. The van der Waals surface area contributed by atoms with Crippen LogP contribution < -0.4 is 5.32 Å². The maximum Gasteiger partial charge on any atom is 0.243 e. The lowest BCUT2D eigenvalue weighted by Gasteiger charge is -2.17. The van der Waals surface area contributed by atoms with Crippen molar-refractivity contribution in [3.63, 3.8) is 0 Å². The quantitative estimate of drug-likeness (QED) is 0.915. The monoisotopic (exact) mass is 332 g/mol. The summed E-state index contributed by atoms with van der Waals surface area (Å²) in [6, 6.07) is 10.6. The van der Waals surface area contributed by atoms with Crippen molar-refractivity contribution in [3.05, 3.63) is 53.4 Å². The number of furan rings is 1. The first-order chi connectivity index (χ1) is 11.0. The zero-order chi connectivity index (χ0) is 16.4. The lowest BCUT2D eigenvalue weighted by atomic mass is 10.2. The standard InChI is InChI=1S/C17H17ClN2O3/c1-20(10-16(21)19-12-5-2-4-11(18)8-12)17(22)14-9-13(14)15-6-3-7-23-15/h2-8,13-14H,9-10H2,1H3,(H,19,21). The molecule has 0 spiro atoms. The van der Waals surface area contributed by atoms with Gasteiger partial charge in [0.1, 0.15) is 5.76 Å². The largest absolute Gasteiger partial charge is 0.469 e. The van der Waals surface area contributed by atoms with Crippen LogP contribution >= 0.6 is 11.6 Å². The van der Waals surface area contributed by atoms with Crippen LogP contribution in [0.1, 0.15) is 18.1 Å². The third-order valence-electron chi connectivity index (χ3n) is 3.88. The van der Waals surface area contributed by atoms with Crippen LogP contribution in [0.4, 0.5) is 5.69 Å². The first-order valence-electron chi connectivity index (χ1n) is 7.38. The fraction of sp³-hybridized carbons (Fsp3) is 0.294. The molecule has 1 aromatic carbocycles. The van der Waals surface area contributed by atoms with E-state index in [0.29, 0.717) is 10.7 Å². The maximum absolute atomic E-state index is 12.3. The molecule has 3 rings (SSSR count). The van der Waals surface area contributed by atoms with Crippen molar-refractivity contribution in [2.24, 2.45) is 5.92 Å². The third kappa shape index (κ3) is 3.74. The van der Waals surface area contributed by atoms with E-state index in [4.69, 9.17) is 16.0 Å². The summed E-state index contributed by atoms with van der Waals surface area (Å²) < 4.78 is 5.33. The lowest BCUT2D eigenvalue weighted by Crippen LogP contribution is -2.36. The molecule has 1 aliphatic rings. The molecular weight excluding hydrogens is 316 g/mol. The smallest absolute Gasteiger partial charge is 0.243 e. The van der Waals surface area contributed by atoms with Crippen LogP contribution in [0.2, 0.25) is 5.02 Å². The van der Waals surface area contributed by atoms with Gasteiger partial charge in [0.15, 0.2) is 0 Å². The third-order valence-corrected chi connectivity index (χ3v) is 4.12. The van der Waals surface area contributed by atoms with Gasteiger partial charge >= 0.3 is 0 Å². The van der Waals surface area contributed by atoms with Gasteiger partial charge in [0.2, 0.25) is 11.8 Å². The SMILES string of the molecule is CN(CC(=O)Nc1cccc(Cl)c1)C(=O)C1CC1c1ccco1. The molecule has 1 heterocycles. The Balaban J connectivity index is 1.52. The molecule has 1 aliphatic carbocycles. The normalized spacial score (nSPS) is 19.2. The molecule has 1 fully saturated rings. The van der Waals surface area contributed by atoms with Gasteiger partial charge < -0.3 is 14.6 Å². The van der Waals surface area contributed by atoms with E-state index in [-0.39, 0.29) is 30.2 Å². The number of benzene rings is 1. The van der Waals surface area contributed by atoms with E-state index in [9.17, 15) is 9.59 Å². The number of nitrogens with zero attached hydrogens (tertiary/aromatic N) is 1. The van der Waals surface area contributed by atoms with Gasteiger partial charge in [-0.15, -0.1) is 0 Å². The number of rotatable bonds is 5. The lowest BCUT2D eigenvalue weighted by molar-refractivity contribution is -0.134. The predicted octanol–water partition coefficient (Wildman–Crippen LogP) is 3.13. The molecule has 2 unspecified atom stereocenters. The van der Waals surface area contributed by atoms with E-state index in [0.717, 1.165) is 12.2 Å². The van der Waals surface area contributed by atoms with Crippen molar-refractivity contribution < 1.29 is 14.0 Å². The summed E-state index contributed by atoms with van der Waals surface area (Å²) in [4.78, 5) is 25.8. The number of carbonyl (C=O) groups is 2. The minimum atomic E-state index is -0.252. The molecule has 120 valence electrons. The number of anilines is 1. The Morgan fingerprint density at radius 3 is 2.87 bits per heavy atom. The molecule has 0 saturated heterocycles. The molecule has 1 N–H and O–H groups in total. The Morgan fingerprint density at radius 1 is 1.35 bits per heavy atom. The van der Waals surface area contributed by atoms with E-state index in [2.05, 4.69) is 5.32 Å². The topological polar surface area (TPSA) is 62.6 Å². The summed E-state index contributed by atoms with van der Waals surface area (Å²) in [6.07, 6.45) is 2.38. The molecule has 2 amide bonds. The van der Waals surface area contributed by atoms with Crippen molar-refractivity contribution in [1.82, 2.24) is 4.90 Å². The van der Waals surface area contributed by atoms with E-state index in [1.165, 1.54) is 4.90 Å². The van der Waals surface area contributed by atoms with Crippen molar-refractivity contribution in [1.29, 1.82) is 0 Å². The average Bonchev–Trinajstić information content (AvgIpc) is 3.11. The Morgan fingerprint density at radius 2 is 2.17 bits per heavy atom. The predicted molar refractivity (Wildman–Crippen MR) is 87.3 cm³/mol. The highest BCUT2D eigenvalue weighted by Crippen LogP contribution is 2.48. The summed E-state index contributed by atoms with van der Waals surface area (Å²) in [5, 5.41) is 3.28. The van der Waals surface area contributed by atoms with Gasteiger partial charge in [0, 0.05) is 29.6 Å². The zero-order valence-corrected chi connectivity index (χ0v) is 13.4. The molecule has 2 atom stereocenters. The number of hydrogen-bond donors (Lipinski definition) is 1. The molecule has 5 nitrogen and oxygen atoms in total. The second kappa shape index (κ2) is 6.46. The number of likely N-dealkylation sites (N-methyl/N-ethyl adjacent to an activating group) is 1. The highest BCUT2D eigenvalue weighted by atomic mass is 35.5. The Bertz CT molecular complexity index is 714. The first-order valence-corrected chi connectivity index (χ1v) is 7.76. The Hall–Kier alpha value is -2.27. The van der Waals surface area contributed by atoms with Crippen LogP contribution in [0.3, 0.4) is 0 Å². The second-order valence-electron chi connectivity index (χ2n) is 5.72. The van der Waals surface area contributed by atoms with Crippen LogP contribution in [0.25, 0.3) is 0 Å². The summed E-state index contributed by atoms with van der Waals surface area (Å²) in [5.41, 5.74) is 0.614. The van der Waals surface area contributed by atoms with Gasteiger partial charge in [0.25, 0.3) is 0 Å². The Kier molecular flexibility index (Phi) is 4.39. The minimum absolute atomic E-state index is 0.00667. The molecule has 2 aromatic rings. The molecule has 1 saturated carbocycles. The molecule has 0 bridgehead atoms. The molecule has 23 heavy (non-hydrogen) atoms. The van der Waals surface area contributed by atoms with Crippen molar-refractivity contribution in [3.8, 4) is 0 Å². The Labute approximate surface area is 139 Å². The number of halogens is 1. The van der Waals surface area contributed by atoms with Gasteiger partial charge in [-0.25, -0.2) is 0 Å². The molecule has 6 heteroatoms. The molecular formula is C17H17ClN2O3. The van der Waals surface area contributed by atoms with Gasteiger partial charge in [-0.05, 0) is 36.8 Å². The van der Waals surface area contributed by atoms with E-state index in [1.807, 2.05) is 12.1 Å². The fourth-order valence-corrected chi connectivity index (χ4v) is 2.82. The van der Waals surface area contributed by atoms with Gasteiger partial charge in [-0.1, -0.05) is 17.7 Å². The van der Waals surface area contributed by atoms with Crippen molar-refractivity contribution in [2.75, 3.05) is 18.9 Å². The van der Waals surface area contributed by atoms with Gasteiger partial charge in [-0.2, -0.15) is 0 Å². The average molecular weight is 333 g/mol. The van der Waals surface area contributed by atoms with Crippen LogP contribution in [-0.4, -0.2) is 30.3 Å². The van der Waals surface area contributed by atoms with Crippen LogP contribution in [-0.2, 0) is 9.59 Å². The maximum atomic E-state index is 12.3. The summed E-state index contributed by atoms with van der Waals surface area (Å²) in [7, 11) is 1.64. The first kappa shape index (κ1) is 15.6. The van der Waals surface area contributed by atoms with Crippen LogP contribution in [0, 0.1) is 5.92 Å². The minimum Gasteiger partial charge on any atom is -0.469 e. The zero-order valence-electron chi connectivity index (χ0n) is 12.7.